The molecule has 0 amide bonds. The average molecular weight is 189 g/mol. The molecule has 0 bridgehead atoms. The number of nitrogens with zero attached hydrogens (tertiary/aromatic N) is 1. The van der Waals surface area contributed by atoms with Crippen molar-refractivity contribution in [2.75, 3.05) is 5.88 Å². The van der Waals surface area contributed by atoms with Crippen LogP contribution in [0.3, 0.4) is 0 Å². The molecule has 0 aliphatic rings. The van der Waals surface area contributed by atoms with Crippen molar-refractivity contribution in [3.8, 4) is 6.07 Å². The van der Waals surface area contributed by atoms with E-state index in [-0.39, 0.29) is 25.4 Å². The summed E-state index contributed by atoms with van der Waals surface area (Å²) in [6.45, 7) is 0. The zero-order chi connectivity index (χ0) is 4.99. The third-order valence-electron chi connectivity index (χ3n) is 0.276. The molecule has 0 aromatic heterocycles. The molecular weight excluding hydrogens is 186 g/mol. The number of nitriles is 1. The van der Waals surface area contributed by atoms with Gasteiger partial charge in [-0.15, -0.1) is 23.2 Å². The second-order valence-electron chi connectivity index (χ2n) is 0.751. The molecule has 0 aromatic rings. The van der Waals surface area contributed by atoms with Crippen LogP contribution in [0.25, 0.3) is 0 Å². The third kappa shape index (κ3) is 6.69. The van der Waals surface area contributed by atoms with Crippen LogP contribution in [0.1, 0.15) is 0 Å². The van der Waals surface area contributed by atoms with Gasteiger partial charge in [0.1, 0.15) is 5.38 Å². The van der Waals surface area contributed by atoms with Crippen molar-refractivity contribution in [2.24, 2.45) is 0 Å². The van der Waals surface area contributed by atoms with Gasteiger partial charge in [0.25, 0.3) is 0 Å². The molecule has 0 rings (SSSR count). The molecule has 0 saturated heterocycles. The maximum Gasteiger partial charge on any atom is 0.134 e. The first-order valence-electron chi connectivity index (χ1n) is 1.41. The van der Waals surface area contributed by atoms with Gasteiger partial charge in [-0.2, -0.15) is 5.26 Å². The second kappa shape index (κ2) is 6.69. The van der Waals surface area contributed by atoms with Crippen LogP contribution in [0.5, 0.6) is 0 Å². The molecule has 0 saturated carbocycles. The van der Waals surface area contributed by atoms with Crippen molar-refractivity contribution < 1.29 is 19.5 Å². The number of alkyl halides is 2. The van der Waals surface area contributed by atoms with Crippen LogP contribution in [-0.2, 0) is 19.5 Å². The van der Waals surface area contributed by atoms with Crippen LogP contribution in [0.2, 0.25) is 0 Å². The maximum absolute atomic E-state index is 7.87. The number of hydrogen-bond acceptors (Lipinski definition) is 1. The Morgan fingerprint density at radius 2 is 2.14 bits per heavy atom. The minimum Gasteiger partial charge on any atom is -0.197 e. The normalized spacial score (nSPS) is 11.0. The van der Waals surface area contributed by atoms with Gasteiger partial charge in [-0.3, -0.25) is 0 Å². The summed E-state index contributed by atoms with van der Waals surface area (Å²) in [6, 6.07) is 1.75. The van der Waals surface area contributed by atoms with Crippen LogP contribution in [0, 0.1) is 11.3 Å². The first-order valence-corrected chi connectivity index (χ1v) is 2.38. The molecule has 0 aliphatic heterocycles. The molecule has 0 heterocycles. The molecule has 1 unspecified atom stereocenters. The van der Waals surface area contributed by atoms with E-state index < -0.39 is 5.38 Å². The van der Waals surface area contributed by atoms with E-state index in [0.717, 1.165) is 0 Å². The van der Waals surface area contributed by atoms with Gasteiger partial charge in [0.05, 0.1) is 11.9 Å². The van der Waals surface area contributed by atoms with Crippen molar-refractivity contribution in [3.63, 3.8) is 0 Å². The zero-order valence-electron chi connectivity index (χ0n) is 3.69. The van der Waals surface area contributed by atoms with E-state index in [9.17, 15) is 0 Å². The molecule has 0 fully saturated rings. The molecule has 36 valence electrons. The van der Waals surface area contributed by atoms with Gasteiger partial charge in [-0.25, -0.2) is 0 Å². The van der Waals surface area contributed by atoms with Crippen LogP contribution in [0.4, 0.5) is 0 Å². The minimum absolute atomic E-state index is 0. The minimum atomic E-state index is -0.522. The summed E-state index contributed by atoms with van der Waals surface area (Å²) in [6.07, 6.45) is 0. The number of rotatable bonds is 1. The standard InChI is InChI=1S/C3H3Cl2N.Zn/c4-1-3(5)2-6;/h3H,1H2;. The van der Waals surface area contributed by atoms with E-state index in [1.807, 2.05) is 0 Å². The Morgan fingerprint density at radius 1 is 1.71 bits per heavy atom. The van der Waals surface area contributed by atoms with Gasteiger partial charge in [0.15, 0.2) is 0 Å². The fraction of sp³-hybridized carbons (Fsp3) is 0.667. The van der Waals surface area contributed by atoms with E-state index in [1.165, 1.54) is 0 Å². The average Bonchev–Trinajstić information content (AvgIpc) is 1.65. The van der Waals surface area contributed by atoms with Crippen LogP contribution < -0.4 is 0 Å². The Labute approximate surface area is 65.4 Å². The van der Waals surface area contributed by atoms with Gasteiger partial charge in [0, 0.05) is 19.5 Å². The van der Waals surface area contributed by atoms with Crippen LogP contribution in [0.15, 0.2) is 0 Å². The molecular formula is C3H3Cl2NZn. The van der Waals surface area contributed by atoms with Gasteiger partial charge >= 0.3 is 0 Å². The zero-order valence-corrected chi connectivity index (χ0v) is 8.17. The van der Waals surface area contributed by atoms with Gasteiger partial charge in [0.2, 0.25) is 0 Å². The third-order valence-corrected chi connectivity index (χ3v) is 0.994. The van der Waals surface area contributed by atoms with Crippen LogP contribution >= 0.6 is 23.2 Å². The molecule has 4 heteroatoms. The van der Waals surface area contributed by atoms with Crippen molar-refractivity contribution in [3.05, 3.63) is 0 Å². The quantitative estimate of drug-likeness (QED) is 0.451. The van der Waals surface area contributed by atoms with E-state index in [4.69, 9.17) is 28.5 Å². The Bertz CT molecular complexity index is 69.8. The predicted molar refractivity (Wildman–Crippen MR) is 26.0 cm³/mol. The van der Waals surface area contributed by atoms with Crippen molar-refractivity contribution in [1.82, 2.24) is 0 Å². The Hall–Kier alpha value is 0.693. The molecule has 0 aromatic carbocycles. The van der Waals surface area contributed by atoms with E-state index in [2.05, 4.69) is 0 Å². The van der Waals surface area contributed by atoms with E-state index in [0.29, 0.717) is 0 Å². The molecule has 1 atom stereocenters. The first-order chi connectivity index (χ1) is 2.81. The fourth-order valence-electron chi connectivity index (χ4n) is 0.0345. The predicted octanol–water partition coefficient (Wildman–Crippen LogP) is 1.35. The van der Waals surface area contributed by atoms with Crippen LogP contribution in [-0.4, -0.2) is 11.3 Å². The molecule has 0 spiro atoms. The smallest absolute Gasteiger partial charge is 0.134 e. The summed E-state index contributed by atoms with van der Waals surface area (Å²) < 4.78 is 0. The molecule has 1 nitrogen and oxygen atoms in total. The SMILES string of the molecule is N#CC(Cl)CCl.[Zn]. The molecule has 7 heavy (non-hydrogen) atoms. The Balaban J connectivity index is 0. The summed E-state index contributed by atoms with van der Waals surface area (Å²) in [7, 11) is 0. The number of hydrogen-bond donors (Lipinski definition) is 0. The molecule has 0 radical (unpaired) electrons. The second-order valence-corrected chi connectivity index (χ2v) is 1.59. The topological polar surface area (TPSA) is 23.8 Å². The van der Waals surface area contributed by atoms with Crippen molar-refractivity contribution in [2.45, 2.75) is 5.38 Å². The summed E-state index contributed by atoms with van der Waals surface area (Å²) in [5, 5.41) is 7.35. The van der Waals surface area contributed by atoms with Crippen molar-refractivity contribution in [1.29, 1.82) is 5.26 Å². The monoisotopic (exact) mass is 187 g/mol. The number of halogens is 2. The molecule has 0 aliphatic carbocycles. The largest absolute Gasteiger partial charge is 0.197 e. The first kappa shape index (κ1) is 10.6. The summed E-state index contributed by atoms with van der Waals surface area (Å²) in [5.41, 5.74) is 0. The fourth-order valence-corrected chi connectivity index (χ4v) is 0.104. The summed E-state index contributed by atoms with van der Waals surface area (Å²) >= 11 is 10.3. The molecule has 0 N–H and O–H groups in total. The van der Waals surface area contributed by atoms with E-state index >= 15 is 0 Å². The summed E-state index contributed by atoms with van der Waals surface area (Å²) in [4.78, 5) is 0. The Kier molecular flexibility index (Phi) is 10.2. The van der Waals surface area contributed by atoms with Gasteiger partial charge in [-0.1, -0.05) is 0 Å². The van der Waals surface area contributed by atoms with Gasteiger partial charge in [-0.05, 0) is 0 Å². The van der Waals surface area contributed by atoms with E-state index in [1.54, 1.807) is 6.07 Å². The van der Waals surface area contributed by atoms with Crippen molar-refractivity contribution >= 4 is 23.2 Å². The maximum atomic E-state index is 7.87. The Morgan fingerprint density at radius 3 is 2.14 bits per heavy atom. The summed E-state index contributed by atoms with van der Waals surface area (Å²) in [5.74, 6) is 0.206. The van der Waals surface area contributed by atoms with Gasteiger partial charge < -0.3 is 0 Å².